The third kappa shape index (κ3) is 6.93. The van der Waals surface area contributed by atoms with Crippen molar-refractivity contribution in [1.29, 1.82) is 0 Å². The molecule has 0 aliphatic heterocycles. The van der Waals surface area contributed by atoms with Crippen LogP contribution in [0, 0.1) is 5.92 Å². The second-order valence-corrected chi connectivity index (χ2v) is 6.85. The summed E-state index contributed by atoms with van der Waals surface area (Å²) in [7, 11) is 0. The average Bonchev–Trinajstić information content (AvgIpc) is 2.72. The molecule has 0 fully saturated rings. The van der Waals surface area contributed by atoms with Gasteiger partial charge in [0.1, 0.15) is 5.75 Å². The highest BCUT2D eigenvalue weighted by Gasteiger charge is 2.09. The normalized spacial score (nSPS) is 12.1. The number of carbonyl (C=O) groups excluding carboxylic acids is 1. The lowest BCUT2D eigenvalue weighted by Crippen LogP contribution is -2.11. The van der Waals surface area contributed by atoms with Gasteiger partial charge in [0.2, 0.25) is 0 Å². The maximum Gasteiger partial charge on any atom is 0.338 e. The molecule has 144 valence electrons. The molecule has 0 radical (unpaired) electrons. The number of carbonyl (C=O) groups is 1. The number of ether oxygens (including phenoxy) is 2. The lowest BCUT2D eigenvalue weighted by Gasteiger charge is -2.10. The van der Waals surface area contributed by atoms with Crippen molar-refractivity contribution >= 4 is 5.97 Å². The van der Waals surface area contributed by atoms with Crippen LogP contribution in [0.3, 0.4) is 0 Å². The van der Waals surface area contributed by atoms with Gasteiger partial charge < -0.3 is 9.47 Å². The highest BCUT2D eigenvalue weighted by Crippen LogP contribution is 2.23. The monoisotopic (exact) mass is 366 g/mol. The number of esters is 1. The van der Waals surface area contributed by atoms with Gasteiger partial charge in [-0.1, -0.05) is 57.9 Å². The maximum atomic E-state index is 12.1. The number of allylic oxidation sites excluding steroid dienone is 1. The van der Waals surface area contributed by atoms with Gasteiger partial charge in [0.05, 0.1) is 18.4 Å². The summed E-state index contributed by atoms with van der Waals surface area (Å²) in [6.45, 7) is 6.80. The summed E-state index contributed by atoms with van der Waals surface area (Å²) in [6.07, 6.45) is 8.22. The van der Waals surface area contributed by atoms with Crippen molar-refractivity contribution in [3.8, 4) is 16.9 Å². The Morgan fingerprint density at radius 2 is 1.63 bits per heavy atom. The van der Waals surface area contributed by atoms with Gasteiger partial charge in [0.15, 0.2) is 0 Å². The SMILES string of the molecule is CCCCC=COc1ccc(-c2ccc(C(=O)OCC(C)CC)cc2)cc1. The lowest BCUT2D eigenvalue weighted by atomic mass is 10.0. The highest BCUT2D eigenvalue weighted by molar-refractivity contribution is 5.90. The zero-order valence-corrected chi connectivity index (χ0v) is 16.6. The van der Waals surface area contributed by atoms with Crippen molar-refractivity contribution in [2.24, 2.45) is 5.92 Å². The van der Waals surface area contributed by atoms with Gasteiger partial charge in [0.25, 0.3) is 0 Å². The molecule has 3 heteroatoms. The molecule has 0 amide bonds. The summed E-state index contributed by atoms with van der Waals surface area (Å²) in [5.74, 6) is 0.938. The van der Waals surface area contributed by atoms with Crippen LogP contribution in [0.4, 0.5) is 0 Å². The van der Waals surface area contributed by atoms with Crippen LogP contribution in [-0.2, 0) is 4.74 Å². The Hall–Kier alpha value is -2.55. The van der Waals surface area contributed by atoms with Crippen molar-refractivity contribution in [2.75, 3.05) is 6.61 Å². The predicted octanol–water partition coefficient (Wildman–Crippen LogP) is 6.64. The Balaban J connectivity index is 1.92. The molecule has 0 aliphatic rings. The average molecular weight is 367 g/mol. The van der Waals surface area contributed by atoms with Crippen LogP contribution in [-0.4, -0.2) is 12.6 Å². The molecule has 0 saturated carbocycles. The van der Waals surface area contributed by atoms with Crippen LogP contribution < -0.4 is 4.74 Å². The summed E-state index contributed by atoms with van der Waals surface area (Å²) in [5, 5.41) is 0. The minimum atomic E-state index is -0.263. The van der Waals surface area contributed by atoms with Crippen molar-refractivity contribution < 1.29 is 14.3 Å². The fourth-order valence-electron chi connectivity index (χ4n) is 2.46. The molecule has 2 aromatic rings. The molecule has 27 heavy (non-hydrogen) atoms. The van der Waals surface area contributed by atoms with E-state index >= 15 is 0 Å². The van der Waals surface area contributed by atoms with E-state index in [4.69, 9.17) is 9.47 Å². The van der Waals surface area contributed by atoms with Crippen molar-refractivity contribution in [3.05, 3.63) is 66.4 Å². The Morgan fingerprint density at radius 3 is 2.22 bits per heavy atom. The van der Waals surface area contributed by atoms with E-state index in [0.717, 1.165) is 29.7 Å². The predicted molar refractivity (Wildman–Crippen MR) is 111 cm³/mol. The second-order valence-electron chi connectivity index (χ2n) is 6.85. The van der Waals surface area contributed by atoms with E-state index in [1.807, 2.05) is 48.5 Å². The van der Waals surface area contributed by atoms with E-state index in [-0.39, 0.29) is 5.97 Å². The molecule has 1 atom stereocenters. The van der Waals surface area contributed by atoms with Crippen LogP contribution in [0.15, 0.2) is 60.9 Å². The molecule has 0 aliphatic carbocycles. The minimum absolute atomic E-state index is 0.263. The van der Waals surface area contributed by atoms with Gasteiger partial charge in [-0.05, 0) is 60.2 Å². The molecular formula is C24H30O3. The van der Waals surface area contributed by atoms with Gasteiger partial charge >= 0.3 is 5.97 Å². The molecule has 0 bridgehead atoms. The first-order chi connectivity index (χ1) is 13.1. The topological polar surface area (TPSA) is 35.5 Å². The summed E-state index contributed by atoms with van der Waals surface area (Å²) in [4.78, 5) is 12.1. The molecule has 2 aromatic carbocycles. The highest BCUT2D eigenvalue weighted by atomic mass is 16.5. The second kappa shape index (κ2) is 11.2. The number of hydrogen-bond donors (Lipinski definition) is 0. The number of unbranched alkanes of at least 4 members (excludes halogenated alkanes) is 2. The quantitative estimate of drug-likeness (QED) is 0.269. The first-order valence-corrected chi connectivity index (χ1v) is 9.83. The van der Waals surface area contributed by atoms with Crippen molar-refractivity contribution in [2.45, 2.75) is 46.5 Å². The van der Waals surface area contributed by atoms with Crippen LogP contribution >= 0.6 is 0 Å². The smallest absolute Gasteiger partial charge is 0.338 e. The van der Waals surface area contributed by atoms with E-state index in [1.165, 1.54) is 12.8 Å². The molecule has 0 heterocycles. The van der Waals surface area contributed by atoms with E-state index < -0.39 is 0 Å². The van der Waals surface area contributed by atoms with Gasteiger partial charge in [-0.25, -0.2) is 4.79 Å². The molecule has 0 saturated heterocycles. The van der Waals surface area contributed by atoms with E-state index in [1.54, 1.807) is 6.26 Å². The van der Waals surface area contributed by atoms with Crippen LogP contribution in [0.2, 0.25) is 0 Å². The minimum Gasteiger partial charge on any atom is -0.465 e. The van der Waals surface area contributed by atoms with Gasteiger partial charge in [-0.2, -0.15) is 0 Å². The molecule has 3 nitrogen and oxygen atoms in total. The van der Waals surface area contributed by atoms with Crippen LogP contribution in [0.25, 0.3) is 11.1 Å². The zero-order valence-electron chi connectivity index (χ0n) is 16.6. The van der Waals surface area contributed by atoms with E-state index in [9.17, 15) is 4.79 Å². The Morgan fingerprint density at radius 1 is 1.00 bits per heavy atom. The van der Waals surface area contributed by atoms with Gasteiger partial charge in [-0.3, -0.25) is 0 Å². The summed E-state index contributed by atoms with van der Waals surface area (Å²) < 4.78 is 10.9. The number of rotatable bonds is 10. The summed E-state index contributed by atoms with van der Waals surface area (Å²) in [5.41, 5.74) is 2.72. The Labute approximate surface area is 163 Å². The van der Waals surface area contributed by atoms with Crippen molar-refractivity contribution in [3.63, 3.8) is 0 Å². The van der Waals surface area contributed by atoms with Gasteiger partial charge in [-0.15, -0.1) is 0 Å². The summed E-state index contributed by atoms with van der Waals surface area (Å²) in [6, 6.07) is 15.5. The third-order valence-electron chi connectivity index (χ3n) is 4.53. The summed E-state index contributed by atoms with van der Waals surface area (Å²) >= 11 is 0. The van der Waals surface area contributed by atoms with E-state index in [0.29, 0.717) is 18.1 Å². The zero-order chi connectivity index (χ0) is 19.5. The van der Waals surface area contributed by atoms with Crippen LogP contribution in [0.1, 0.15) is 56.8 Å². The fourth-order valence-corrected chi connectivity index (χ4v) is 2.46. The van der Waals surface area contributed by atoms with Crippen molar-refractivity contribution in [1.82, 2.24) is 0 Å². The molecule has 2 rings (SSSR count). The Bertz CT molecular complexity index is 714. The molecule has 0 aromatic heterocycles. The molecular weight excluding hydrogens is 336 g/mol. The first-order valence-electron chi connectivity index (χ1n) is 9.83. The first kappa shape index (κ1) is 20.8. The van der Waals surface area contributed by atoms with Gasteiger partial charge in [0, 0.05) is 0 Å². The maximum absolute atomic E-state index is 12.1. The Kier molecular flexibility index (Phi) is 8.63. The molecule has 1 unspecified atom stereocenters. The third-order valence-corrected chi connectivity index (χ3v) is 4.53. The lowest BCUT2D eigenvalue weighted by molar-refractivity contribution is 0.0447. The molecule has 0 spiro atoms. The molecule has 0 N–H and O–H groups in total. The van der Waals surface area contributed by atoms with Crippen LogP contribution in [0.5, 0.6) is 5.75 Å². The number of benzene rings is 2. The standard InChI is InChI=1S/C24H30O3/c1-4-6-7-8-17-26-23-15-13-21(14-16-23)20-9-11-22(12-10-20)24(25)27-18-19(3)5-2/h8-17,19H,4-7,18H2,1-3H3. The van der Waals surface area contributed by atoms with E-state index in [2.05, 4.69) is 26.8 Å². The number of hydrogen-bond acceptors (Lipinski definition) is 3. The fraction of sp³-hybridized carbons (Fsp3) is 0.375. The largest absolute Gasteiger partial charge is 0.465 e.